The minimum absolute atomic E-state index is 0.227. The molecule has 1 atom stereocenters. The van der Waals surface area contributed by atoms with Crippen LogP contribution in [0.5, 0.6) is 0 Å². The first-order valence-corrected chi connectivity index (χ1v) is 9.96. The fourth-order valence-corrected chi connectivity index (χ4v) is 3.49. The zero-order valence-electron chi connectivity index (χ0n) is 17.8. The van der Waals surface area contributed by atoms with Crippen molar-refractivity contribution in [1.29, 1.82) is 0 Å². The van der Waals surface area contributed by atoms with Crippen LogP contribution in [0.3, 0.4) is 0 Å². The molecule has 8 nitrogen and oxygen atoms in total. The van der Waals surface area contributed by atoms with Crippen LogP contribution in [-0.4, -0.2) is 40.9 Å². The number of carbonyl (C=O) groups excluding carboxylic acids is 4. The number of rotatable bonds is 5. The number of benzene rings is 2. The van der Waals surface area contributed by atoms with Gasteiger partial charge in [-0.05, 0) is 31.9 Å². The molecule has 0 radical (unpaired) electrons. The standard InChI is InChI=1S/C23H26N4O4/c1-22(2,3)25-20(30)24-18(28)15-27-19(29)23(26-21(27)31,17-12-8-5-9-13-17)14-16-10-6-4-7-11-16/h4-13H,14-15H2,1-3H3,(H,26,31)(H2,24,25,28,30)/t23-/m0/s1. The zero-order valence-corrected chi connectivity index (χ0v) is 17.8. The quantitative estimate of drug-likeness (QED) is 0.643. The van der Waals surface area contributed by atoms with Crippen LogP contribution >= 0.6 is 0 Å². The normalized spacial score (nSPS) is 18.5. The van der Waals surface area contributed by atoms with Gasteiger partial charge in [-0.15, -0.1) is 0 Å². The summed E-state index contributed by atoms with van der Waals surface area (Å²) >= 11 is 0. The molecule has 1 fully saturated rings. The van der Waals surface area contributed by atoms with Gasteiger partial charge in [0, 0.05) is 12.0 Å². The van der Waals surface area contributed by atoms with Crippen molar-refractivity contribution in [3.8, 4) is 0 Å². The largest absolute Gasteiger partial charge is 0.333 e. The predicted molar refractivity (Wildman–Crippen MR) is 115 cm³/mol. The van der Waals surface area contributed by atoms with Crippen LogP contribution in [0, 0.1) is 0 Å². The summed E-state index contributed by atoms with van der Waals surface area (Å²) in [6.45, 7) is 4.75. The van der Waals surface area contributed by atoms with E-state index < -0.39 is 41.5 Å². The summed E-state index contributed by atoms with van der Waals surface area (Å²) in [6.07, 6.45) is 0.227. The Morgan fingerprint density at radius 2 is 1.55 bits per heavy atom. The first-order valence-electron chi connectivity index (χ1n) is 9.96. The van der Waals surface area contributed by atoms with Crippen molar-refractivity contribution in [1.82, 2.24) is 20.9 Å². The van der Waals surface area contributed by atoms with E-state index in [0.717, 1.165) is 10.5 Å². The Morgan fingerprint density at radius 3 is 2.13 bits per heavy atom. The Morgan fingerprint density at radius 1 is 0.968 bits per heavy atom. The molecule has 1 aliphatic rings. The van der Waals surface area contributed by atoms with Crippen LogP contribution in [-0.2, 0) is 21.5 Å². The van der Waals surface area contributed by atoms with Gasteiger partial charge in [0.15, 0.2) is 5.54 Å². The van der Waals surface area contributed by atoms with Crippen LogP contribution in [0.15, 0.2) is 60.7 Å². The lowest BCUT2D eigenvalue weighted by molar-refractivity contribution is -0.135. The van der Waals surface area contributed by atoms with Crippen molar-refractivity contribution in [2.45, 2.75) is 38.3 Å². The van der Waals surface area contributed by atoms with E-state index in [2.05, 4.69) is 16.0 Å². The number of hydrogen-bond acceptors (Lipinski definition) is 4. The summed E-state index contributed by atoms with van der Waals surface area (Å²) in [5.41, 5.74) is -0.404. The van der Waals surface area contributed by atoms with Crippen LogP contribution in [0.1, 0.15) is 31.9 Å². The minimum atomic E-state index is -1.34. The average Bonchev–Trinajstić information content (AvgIpc) is 2.93. The highest BCUT2D eigenvalue weighted by molar-refractivity contribution is 6.10. The molecule has 3 rings (SSSR count). The Labute approximate surface area is 181 Å². The molecule has 0 unspecified atom stereocenters. The molecule has 6 amide bonds. The Bertz CT molecular complexity index is 986. The molecule has 2 aromatic carbocycles. The van der Waals surface area contributed by atoms with Gasteiger partial charge < -0.3 is 10.6 Å². The molecule has 0 saturated carbocycles. The molecule has 162 valence electrons. The van der Waals surface area contributed by atoms with E-state index in [1.807, 2.05) is 36.4 Å². The number of carbonyl (C=O) groups is 4. The lowest BCUT2D eigenvalue weighted by Gasteiger charge is -2.27. The third kappa shape index (κ3) is 5.09. The lowest BCUT2D eigenvalue weighted by atomic mass is 9.83. The Balaban J connectivity index is 1.83. The number of nitrogens with one attached hydrogen (secondary N) is 3. The highest BCUT2D eigenvalue weighted by atomic mass is 16.2. The van der Waals surface area contributed by atoms with Crippen molar-refractivity contribution >= 4 is 23.9 Å². The number of urea groups is 2. The fourth-order valence-electron chi connectivity index (χ4n) is 3.49. The number of amides is 6. The molecule has 0 spiro atoms. The van der Waals surface area contributed by atoms with Gasteiger partial charge in [0.2, 0.25) is 5.91 Å². The van der Waals surface area contributed by atoms with E-state index in [1.165, 1.54) is 0 Å². The maximum Gasteiger partial charge on any atom is 0.325 e. The maximum atomic E-state index is 13.5. The van der Waals surface area contributed by atoms with Crippen molar-refractivity contribution in [3.05, 3.63) is 71.8 Å². The molecule has 3 N–H and O–H groups in total. The van der Waals surface area contributed by atoms with Gasteiger partial charge in [-0.2, -0.15) is 0 Å². The van der Waals surface area contributed by atoms with E-state index in [-0.39, 0.29) is 6.42 Å². The summed E-state index contributed by atoms with van der Waals surface area (Å²) < 4.78 is 0. The monoisotopic (exact) mass is 422 g/mol. The molecule has 2 aromatic rings. The molecule has 0 bridgehead atoms. The first-order chi connectivity index (χ1) is 14.6. The van der Waals surface area contributed by atoms with Crippen molar-refractivity contribution < 1.29 is 19.2 Å². The minimum Gasteiger partial charge on any atom is -0.333 e. The molecular weight excluding hydrogens is 396 g/mol. The summed E-state index contributed by atoms with van der Waals surface area (Å²) in [7, 11) is 0. The lowest BCUT2D eigenvalue weighted by Crippen LogP contribution is -2.51. The third-order valence-corrected chi connectivity index (χ3v) is 4.80. The molecule has 0 aromatic heterocycles. The van der Waals surface area contributed by atoms with Crippen LogP contribution in [0.2, 0.25) is 0 Å². The van der Waals surface area contributed by atoms with Crippen molar-refractivity contribution in [2.24, 2.45) is 0 Å². The second-order valence-corrected chi connectivity index (χ2v) is 8.51. The average molecular weight is 422 g/mol. The molecule has 1 heterocycles. The zero-order chi connectivity index (χ0) is 22.6. The molecule has 0 aliphatic carbocycles. The van der Waals surface area contributed by atoms with Crippen molar-refractivity contribution in [3.63, 3.8) is 0 Å². The molecular formula is C23H26N4O4. The fraction of sp³-hybridized carbons (Fsp3) is 0.304. The maximum absolute atomic E-state index is 13.5. The highest BCUT2D eigenvalue weighted by Gasteiger charge is 2.52. The Kier molecular flexibility index (Phi) is 6.10. The van der Waals surface area contributed by atoms with Gasteiger partial charge >= 0.3 is 12.1 Å². The summed E-state index contributed by atoms with van der Waals surface area (Å²) in [5, 5.41) is 7.54. The Hall–Kier alpha value is -3.68. The van der Waals surface area contributed by atoms with Gasteiger partial charge in [-0.25, -0.2) is 9.59 Å². The van der Waals surface area contributed by atoms with Crippen LogP contribution in [0.4, 0.5) is 9.59 Å². The van der Waals surface area contributed by atoms with Crippen LogP contribution < -0.4 is 16.0 Å². The van der Waals surface area contributed by atoms with E-state index in [0.29, 0.717) is 5.56 Å². The van der Waals surface area contributed by atoms with E-state index in [9.17, 15) is 19.2 Å². The number of nitrogens with zero attached hydrogens (tertiary/aromatic N) is 1. The number of imide groups is 2. The number of hydrogen-bond donors (Lipinski definition) is 3. The molecule has 1 aliphatic heterocycles. The van der Waals surface area contributed by atoms with Gasteiger partial charge in [-0.3, -0.25) is 19.8 Å². The van der Waals surface area contributed by atoms with Gasteiger partial charge in [0.05, 0.1) is 0 Å². The van der Waals surface area contributed by atoms with E-state index >= 15 is 0 Å². The third-order valence-electron chi connectivity index (χ3n) is 4.80. The SMILES string of the molecule is CC(C)(C)NC(=O)NC(=O)CN1C(=O)N[C@@](Cc2ccccc2)(c2ccccc2)C1=O. The van der Waals surface area contributed by atoms with Gasteiger partial charge in [-0.1, -0.05) is 60.7 Å². The van der Waals surface area contributed by atoms with Crippen LogP contribution in [0.25, 0.3) is 0 Å². The topological polar surface area (TPSA) is 108 Å². The van der Waals surface area contributed by atoms with Gasteiger partial charge in [0.1, 0.15) is 6.54 Å². The molecule has 31 heavy (non-hydrogen) atoms. The molecule has 8 heteroatoms. The van der Waals surface area contributed by atoms with Gasteiger partial charge in [0.25, 0.3) is 5.91 Å². The summed E-state index contributed by atoms with van der Waals surface area (Å²) in [5.74, 6) is -1.30. The van der Waals surface area contributed by atoms with E-state index in [1.54, 1.807) is 45.0 Å². The predicted octanol–water partition coefficient (Wildman–Crippen LogP) is 2.30. The second kappa shape index (κ2) is 8.59. The summed E-state index contributed by atoms with van der Waals surface area (Å²) in [4.78, 5) is 51.3. The summed E-state index contributed by atoms with van der Waals surface area (Å²) in [6, 6.07) is 16.9. The molecule has 1 saturated heterocycles. The van der Waals surface area contributed by atoms with Crippen molar-refractivity contribution in [2.75, 3.05) is 6.54 Å². The van der Waals surface area contributed by atoms with E-state index in [4.69, 9.17) is 0 Å². The smallest absolute Gasteiger partial charge is 0.325 e. The second-order valence-electron chi connectivity index (χ2n) is 8.51. The highest BCUT2D eigenvalue weighted by Crippen LogP contribution is 2.32. The first kappa shape index (κ1) is 22.0.